The van der Waals surface area contributed by atoms with Crippen molar-refractivity contribution in [1.29, 1.82) is 0 Å². The lowest BCUT2D eigenvalue weighted by atomic mass is 9.68. The van der Waals surface area contributed by atoms with Gasteiger partial charge in [0.25, 0.3) is 0 Å². The smallest absolute Gasteiger partial charge is 0.133 e. The van der Waals surface area contributed by atoms with Crippen molar-refractivity contribution in [2.24, 2.45) is 5.41 Å². The number of rotatable bonds is 8. The van der Waals surface area contributed by atoms with E-state index < -0.39 is 0 Å². The molecule has 0 atom stereocenters. The summed E-state index contributed by atoms with van der Waals surface area (Å²) in [5.41, 5.74) is 2.63. The van der Waals surface area contributed by atoms with Crippen molar-refractivity contribution in [3.05, 3.63) is 35.0 Å². The Morgan fingerprint density at radius 2 is 1.09 bits per heavy atom. The molecule has 1 saturated carbocycles. The molecule has 0 bridgehead atoms. The van der Waals surface area contributed by atoms with Gasteiger partial charge in [0.15, 0.2) is 0 Å². The molecule has 32 heavy (non-hydrogen) atoms. The second kappa shape index (κ2) is 9.63. The number of nitrogens with zero attached hydrogens (tertiary/aromatic N) is 6. The Balaban J connectivity index is 1.05. The van der Waals surface area contributed by atoms with Crippen LogP contribution in [0.4, 0.5) is 0 Å². The van der Waals surface area contributed by atoms with E-state index in [0.29, 0.717) is 5.41 Å². The maximum atomic E-state index is 5.22. The van der Waals surface area contributed by atoms with Gasteiger partial charge in [-0.2, -0.15) is 0 Å². The predicted octanol–water partition coefficient (Wildman–Crippen LogP) is 2.39. The lowest BCUT2D eigenvalue weighted by molar-refractivity contribution is -0.00486. The largest absolute Gasteiger partial charge is 0.361 e. The summed E-state index contributed by atoms with van der Waals surface area (Å²) in [5.74, 6) is 1.80. The van der Waals surface area contributed by atoms with E-state index in [2.05, 4.69) is 42.0 Å². The van der Waals surface area contributed by atoms with Gasteiger partial charge in [-0.25, -0.2) is 0 Å². The highest BCUT2D eigenvalue weighted by molar-refractivity contribution is 5.04. The molecule has 2 saturated heterocycles. The summed E-state index contributed by atoms with van der Waals surface area (Å²) in [5, 5.41) is 8.32. The van der Waals surface area contributed by atoms with Crippen LogP contribution in [0.25, 0.3) is 0 Å². The molecular formula is C24H38N6O2. The van der Waals surface area contributed by atoms with Crippen LogP contribution in [-0.4, -0.2) is 95.4 Å². The highest BCUT2D eigenvalue weighted by atomic mass is 16.5. The van der Waals surface area contributed by atoms with E-state index in [1.54, 1.807) is 0 Å². The Labute approximate surface area is 191 Å². The van der Waals surface area contributed by atoms with E-state index in [-0.39, 0.29) is 0 Å². The van der Waals surface area contributed by atoms with E-state index >= 15 is 0 Å². The Morgan fingerprint density at radius 1 is 0.688 bits per heavy atom. The Kier molecular flexibility index (Phi) is 6.64. The van der Waals surface area contributed by atoms with Crippen LogP contribution in [0.15, 0.2) is 21.2 Å². The first-order chi connectivity index (χ1) is 15.6. The molecule has 0 spiro atoms. The van der Waals surface area contributed by atoms with Crippen molar-refractivity contribution in [3.8, 4) is 0 Å². The molecule has 3 fully saturated rings. The number of aryl methyl sites for hydroxylation is 2. The molecule has 0 aromatic carbocycles. The van der Waals surface area contributed by atoms with Crippen molar-refractivity contribution >= 4 is 0 Å². The topological polar surface area (TPSA) is 65.0 Å². The number of hydrogen-bond acceptors (Lipinski definition) is 8. The van der Waals surface area contributed by atoms with Gasteiger partial charge in [0, 0.05) is 90.7 Å². The normalized spacial score (nSPS) is 23.4. The van der Waals surface area contributed by atoms with Gasteiger partial charge < -0.3 is 18.8 Å². The fourth-order valence-corrected chi connectivity index (χ4v) is 5.65. The van der Waals surface area contributed by atoms with Gasteiger partial charge in [-0.1, -0.05) is 16.7 Å². The number of hydrogen-bond donors (Lipinski definition) is 0. The second-order valence-electron chi connectivity index (χ2n) is 10.3. The molecule has 176 valence electrons. The van der Waals surface area contributed by atoms with Crippen molar-refractivity contribution in [2.45, 2.75) is 46.2 Å². The summed E-state index contributed by atoms with van der Waals surface area (Å²) in [4.78, 5) is 10.5. The fraction of sp³-hybridized carbons (Fsp3) is 0.750. The van der Waals surface area contributed by atoms with Crippen LogP contribution in [-0.2, 0) is 13.1 Å². The van der Waals surface area contributed by atoms with Crippen LogP contribution < -0.4 is 0 Å². The quantitative estimate of drug-likeness (QED) is 0.618. The minimum atomic E-state index is 0.511. The van der Waals surface area contributed by atoms with Gasteiger partial charge in [-0.05, 0) is 32.1 Å². The molecule has 0 amide bonds. The maximum absolute atomic E-state index is 5.22. The summed E-state index contributed by atoms with van der Waals surface area (Å²) in [6.45, 7) is 17.5. The van der Waals surface area contributed by atoms with Crippen LogP contribution in [0.3, 0.4) is 0 Å². The highest BCUT2D eigenvalue weighted by Crippen LogP contribution is 2.42. The van der Waals surface area contributed by atoms with Gasteiger partial charge in [0.05, 0.1) is 11.4 Å². The van der Waals surface area contributed by atoms with E-state index in [9.17, 15) is 0 Å². The second-order valence-corrected chi connectivity index (χ2v) is 10.3. The summed E-state index contributed by atoms with van der Waals surface area (Å²) in [7, 11) is 0. The molecule has 5 rings (SSSR count). The summed E-state index contributed by atoms with van der Waals surface area (Å²) >= 11 is 0. The minimum absolute atomic E-state index is 0.511. The van der Waals surface area contributed by atoms with Crippen molar-refractivity contribution in [3.63, 3.8) is 0 Å². The monoisotopic (exact) mass is 442 g/mol. The third-order valence-corrected chi connectivity index (χ3v) is 7.59. The first-order valence-corrected chi connectivity index (χ1v) is 12.3. The van der Waals surface area contributed by atoms with E-state index in [1.807, 2.05) is 13.8 Å². The average Bonchev–Trinajstić information content (AvgIpc) is 3.36. The SMILES string of the molecule is Cc1cc(CN2CCN(CC3(CN4CCN(Cc5cc(C)on5)CC4)CCC3)CC2)no1. The molecule has 1 aliphatic carbocycles. The number of piperazine rings is 2. The molecule has 2 aromatic rings. The predicted molar refractivity (Wildman–Crippen MR) is 122 cm³/mol. The molecule has 0 unspecified atom stereocenters. The highest BCUT2D eigenvalue weighted by Gasteiger charge is 2.40. The Morgan fingerprint density at radius 3 is 1.41 bits per heavy atom. The lowest BCUT2D eigenvalue weighted by Crippen LogP contribution is -2.56. The van der Waals surface area contributed by atoms with Gasteiger partial charge in [0.2, 0.25) is 0 Å². The van der Waals surface area contributed by atoms with Crippen molar-refractivity contribution in [2.75, 3.05) is 65.4 Å². The summed E-state index contributed by atoms with van der Waals surface area (Å²) < 4.78 is 10.4. The molecule has 8 nitrogen and oxygen atoms in total. The van der Waals surface area contributed by atoms with Gasteiger partial charge >= 0.3 is 0 Å². The molecular weight excluding hydrogens is 404 g/mol. The molecule has 0 N–H and O–H groups in total. The van der Waals surface area contributed by atoms with E-state index in [4.69, 9.17) is 9.05 Å². The number of aromatic nitrogens is 2. The molecule has 2 aromatic heterocycles. The molecule has 2 aliphatic heterocycles. The Hall–Kier alpha value is -1.74. The zero-order valence-electron chi connectivity index (χ0n) is 19.8. The zero-order chi connectivity index (χ0) is 22.0. The van der Waals surface area contributed by atoms with E-state index in [1.165, 1.54) is 58.5 Å². The molecule has 0 radical (unpaired) electrons. The van der Waals surface area contributed by atoms with Crippen LogP contribution in [0, 0.1) is 19.3 Å². The van der Waals surface area contributed by atoms with Crippen LogP contribution in [0.5, 0.6) is 0 Å². The van der Waals surface area contributed by atoms with Crippen LogP contribution in [0.1, 0.15) is 42.2 Å². The van der Waals surface area contributed by atoms with Gasteiger partial charge in [0.1, 0.15) is 11.5 Å². The lowest BCUT2D eigenvalue weighted by Gasteiger charge is -2.50. The third kappa shape index (κ3) is 5.42. The van der Waals surface area contributed by atoms with Crippen LogP contribution >= 0.6 is 0 Å². The molecule has 3 aliphatic rings. The minimum Gasteiger partial charge on any atom is -0.361 e. The maximum Gasteiger partial charge on any atom is 0.133 e. The Bertz CT molecular complexity index is 793. The first-order valence-electron chi connectivity index (χ1n) is 12.3. The fourth-order valence-electron chi connectivity index (χ4n) is 5.65. The molecule has 8 heteroatoms. The van der Waals surface area contributed by atoms with Gasteiger partial charge in [-0.15, -0.1) is 0 Å². The average molecular weight is 443 g/mol. The van der Waals surface area contributed by atoms with Gasteiger partial charge in [-0.3, -0.25) is 9.80 Å². The van der Waals surface area contributed by atoms with E-state index in [0.717, 1.165) is 62.2 Å². The standard InChI is InChI=1S/C24H38N6O2/c1-20-14-22(25-31-20)16-27-6-10-29(11-7-27)18-24(4-3-5-24)19-30-12-8-28(9-13-30)17-23-15-21(2)32-26-23/h14-15H,3-13,16-19H2,1-2H3. The zero-order valence-corrected chi connectivity index (χ0v) is 19.8. The summed E-state index contributed by atoms with van der Waals surface area (Å²) in [6, 6.07) is 4.12. The van der Waals surface area contributed by atoms with Crippen LogP contribution in [0.2, 0.25) is 0 Å². The summed E-state index contributed by atoms with van der Waals surface area (Å²) in [6.07, 6.45) is 4.19. The van der Waals surface area contributed by atoms with Crippen molar-refractivity contribution < 1.29 is 9.05 Å². The van der Waals surface area contributed by atoms with Crippen molar-refractivity contribution in [1.82, 2.24) is 29.9 Å². The first kappa shape index (κ1) is 22.1. The third-order valence-electron chi connectivity index (χ3n) is 7.59. The molecule has 4 heterocycles.